The molecule has 2 heterocycles. The minimum absolute atomic E-state index is 0.153. The van der Waals surface area contributed by atoms with Crippen LogP contribution in [0.25, 0.3) is 11.0 Å². The number of fused-ring (bicyclic) bond motifs is 1. The van der Waals surface area contributed by atoms with Gasteiger partial charge in [0.2, 0.25) is 0 Å². The standard InChI is InChI=1S/C11H14N4O/c16-11-10-9(6-7-12-11)15(14-13-10)8-4-2-1-3-5-8/h6-8H,1-5H2,(H,12,16). The molecule has 0 aromatic carbocycles. The first kappa shape index (κ1) is 9.57. The fraction of sp³-hybridized carbons (Fsp3) is 0.545. The molecular formula is C11H14N4O. The van der Waals surface area contributed by atoms with Crippen molar-refractivity contribution in [3.8, 4) is 0 Å². The van der Waals surface area contributed by atoms with Gasteiger partial charge < -0.3 is 4.98 Å². The Labute approximate surface area is 92.5 Å². The first-order valence-corrected chi connectivity index (χ1v) is 5.79. The maximum absolute atomic E-state index is 11.5. The van der Waals surface area contributed by atoms with E-state index < -0.39 is 0 Å². The van der Waals surface area contributed by atoms with Gasteiger partial charge in [-0.3, -0.25) is 4.79 Å². The third-order valence-corrected chi connectivity index (χ3v) is 3.32. The molecule has 0 spiro atoms. The minimum atomic E-state index is -0.153. The van der Waals surface area contributed by atoms with E-state index in [0.29, 0.717) is 11.6 Å². The maximum Gasteiger partial charge on any atom is 0.278 e. The first-order valence-electron chi connectivity index (χ1n) is 5.79. The van der Waals surface area contributed by atoms with Gasteiger partial charge in [-0.15, -0.1) is 5.10 Å². The number of H-pyrrole nitrogens is 1. The zero-order valence-electron chi connectivity index (χ0n) is 9.02. The largest absolute Gasteiger partial charge is 0.327 e. The van der Waals surface area contributed by atoms with E-state index in [9.17, 15) is 4.79 Å². The number of hydrogen-bond donors (Lipinski definition) is 1. The Hall–Kier alpha value is -1.65. The highest BCUT2D eigenvalue weighted by Crippen LogP contribution is 2.28. The lowest BCUT2D eigenvalue weighted by atomic mass is 9.95. The summed E-state index contributed by atoms with van der Waals surface area (Å²) in [5.41, 5.74) is 1.16. The van der Waals surface area contributed by atoms with Gasteiger partial charge in [0.05, 0.1) is 11.6 Å². The van der Waals surface area contributed by atoms with Crippen LogP contribution in [0.1, 0.15) is 38.1 Å². The summed E-state index contributed by atoms with van der Waals surface area (Å²) in [6, 6.07) is 2.30. The van der Waals surface area contributed by atoms with E-state index in [-0.39, 0.29) is 5.56 Å². The average Bonchev–Trinajstić information content (AvgIpc) is 2.75. The van der Waals surface area contributed by atoms with E-state index in [2.05, 4.69) is 15.3 Å². The fourth-order valence-electron chi connectivity index (χ4n) is 2.48. The van der Waals surface area contributed by atoms with Crippen LogP contribution in [0.15, 0.2) is 17.1 Å². The van der Waals surface area contributed by atoms with Crippen LogP contribution in [0.5, 0.6) is 0 Å². The molecule has 0 unspecified atom stereocenters. The topological polar surface area (TPSA) is 63.6 Å². The van der Waals surface area contributed by atoms with Gasteiger partial charge in [-0.25, -0.2) is 4.68 Å². The Morgan fingerprint density at radius 1 is 1.31 bits per heavy atom. The summed E-state index contributed by atoms with van der Waals surface area (Å²) in [5.74, 6) is 0. The summed E-state index contributed by atoms with van der Waals surface area (Å²) in [6.07, 6.45) is 7.75. The molecule has 2 aromatic rings. The van der Waals surface area contributed by atoms with Crippen LogP contribution in [0, 0.1) is 0 Å². The molecule has 1 saturated carbocycles. The quantitative estimate of drug-likeness (QED) is 0.791. The number of pyridine rings is 1. The third-order valence-electron chi connectivity index (χ3n) is 3.32. The number of rotatable bonds is 1. The van der Waals surface area contributed by atoms with E-state index in [1.54, 1.807) is 6.20 Å². The lowest BCUT2D eigenvalue weighted by Gasteiger charge is -2.21. The molecule has 1 aliphatic rings. The molecule has 5 nitrogen and oxygen atoms in total. The van der Waals surface area contributed by atoms with Gasteiger partial charge in [-0.1, -0.05) is 24.5 Å². The summed E-state index contributed by atoms with van der Waals surface area (Å²) < 4.78 is 1.92. The molecule has 0 saturated heterocycles. The second kappa shape index (κ2) is 3.73. The van der Waals surface area contributed by atoms with Gasteiger partial charge in [0, 0.05) is 6.20 Å². The summed E-state index contributed by atoms with van der Waals surface area (Å²) in [4.78, 5) is 14.1. The van der Waals surface area contributed by atoms with Crippen LogP contribution in [0.2, 0.25) is 0 Å². The van der Waals surface area contributed by atoms with Crippen molar-refractivity contribution >= 4 is 11.0 Å². The van der Waals surface area contributed by atoms with E-state index in [1.807, 2.05) is 10.7 Å². The number of aromatic nitrogens is 4. The Morgan fingerprint density at radius 2 is 2.12 bits per heavy atom. The zero-order valence-corrected chi connectivity index (χ0v) is 9.02. The molecule has 1 fully saturated rings. The van der Waals surface area contributed by atoms with Gasteiger partial charge in [0.15, 0.2) is 5.52 Å². The first-order chi connectivity index (χ1) is 7.86. The van der Waals surface area contributed by atoms with Crippen LogP contribution >= 0.6 is 0 Å². The SMILES string of the molecule is O=c1[nH]ccc2c1nnn2C1CCCCC1. The number of hydrogen-bond acceptors (Lipinski definition) is 3. The smallest absolute Gasteiger partial charge is 0.278 e. The number of aromatic amines is 1. The number of nitrogens with zero attached hydrogens (tertiary/aromatic N) is 3. The monoisotopic (exact) mass is 218 g/mol. The van der Waals surface area contributed by atoms with Crippen molar-refractivity contribution in [2.45, 2.75) is 38.1 Å². The third kappa shape index (κ3) is 1.43. The molecule has 0 amide bonds. The van der Waals surface area contributed by atoms with Gasteiger partial charge in [-0.2, -0.15) is 0 Å². The highest BCUT2D eigenvalue weighted by atomic mass is 16.1. The van der Waals surface area contributed by atoms with E-state index in [0.717, 1.165) is 18.4 Å². The predicted octanol–water partition coefficient (Wildman–Crippen LogP) is 1.62. The summed E-state index contributed by atoms with van der Waals surface area (Å²) >= 11 is 0. The second-order valence-electron chi connectivity index (χ2n) is 4.37. The molecule has 0 aliphatic heterocycles. The molecule has 1 aliphatic carbocycles. The van der Waals surface area contributed by atoms with E-state index in [1.165, 1.54) is 19.3 Å². The van der Waals surface area contributed by atoms with Crippen molar-refractivity contribution in [3.05, 3.63) is 22.6 Å². The molecule has 0 radical (unpaired) electrons. The van der Waals surface area contributed by atoms with Crippen LogP contribution in [0.4, 0.5) is 0 Å². The fourth-order valence-corrected chi connectivity index (χ4v) is 2.48. The molecule has 0 atom stereocenters. The van der Waals surface area contributed by atoms with Crippen molar-refractivity contribution in [2.75, 3.05) is 0 Å². The van der Waals surface area contributed by atoms with Crippen molar-refractivity contribution in [1.82, 2.24) is 20.0 Å². The van der Waals surface area contributed by atoms with Crippen LogP contribution < -0.4 is 5.56 Å². The molecule has 3 rings (SSSR count). The molecule has 0 bridgehead atoms. The maximum atomic E-state index is 11.5. The molecule has 5 heteroatoms. The second-order valence-corrected chi connectivity index (χ2v) is 4.37. The molecule has 1 N–H and O–H groups in total. The lowest BCUT2D eigenvalue weighted by Crippen LogP contribution is -2.14. The van der Waals surface area contributed by atoms with Crippen LogP contribution in [-0.4, -0.2) is 20.0 Å². The predicted molar refractivity (Wildman–Crippen MR) is 60.3 cm³/mol. The van der Waals surface area contributed by atoms with Crippen molar-refractivity contribution in [1.29, 1.82) is 0 Å². The van der Waals surface area contributed by atoms with Crippen molar-refractivity contribution in [2.24, 2.45) is 0 Å². The zero-order chi connectivity index (χ0) is 11.0. The van der Waals surface area contributed by atoms with Gasteiger partial charge in [0.1, 0.15) is 0 Å². The van der Waals surface area contributed by atoms with Gasteiger partial charge in [-0.05, 0) is 18.9 Å². The van der Waals surface area contributed by atoms with Gasteiger partial charge >= 0.3 is 0 Å². The molecule has 84 valence electrons. The number of nitrogens with one attached hydrogen (secondary N) is 1. The highest BCUT2D eigenvalue weighted by molar-refractivity contribution is 5.72. The average molecular weight is 218 g/mol. The highest BCUT2D eigenvalue weighted by Gasteiger charge is 2.19. The normalized spacial score (nSPS) is 18.0. The Morgan fingerprint density at radius 3 is 2.94 bits per heavy atom. The van der Waals surface area contributed by atoms with Crippen molar-refractivity contribution < 1.29 is 0 Å². The Bertz CT molecular complexity index is 550. The molecular weight excluding hydrogens is 204 g/mol. The summed E-state index contributed by atoms with van der Waals surface area (Å²) in [5, 5.41) is 8.09. The van der Waals surface area contributed by atoms with Crippen LogP contribution in [-0.2, 0) is 0 Å². The Balaban J connectivity index is 2.10. The van der Waals surface area contributed by atoms with E-state index in [4.69, 9.17) is 0 Å². The van der Waals surface area contributed by atoms with E-state index >= 15 is 0 Å². The van der Waals surface area contributed by atoms with Crippen LogP contribution in [0.3, 0.4) is 0 Å². The van der Waals surface area contributed by atoms with Crippen molar-refractivity contribution in [3.63, 3.8) is 0 Å². The van der Waals surface area contributed by atoms with Gasteiger partial charge in [0.25, 0.3) is 5.56 Å². The molecule has 2 aromatic heterocycles. The Kier molecular flexibility index (Phi) is 2.23. The minimum Gasteiger partial charge on any atom is -0.327 e. The summed E-state index contributed by atoms with van der Waals surface area (Å²) in [7, 11) is 0. The molecule has 16 heavy (non-hydrogen) atoms. The lowest BCUT2D eigenvalue weighted by molar-refractivity contribution is 0.331. The summed E-state index contributed by atoms with van der Waals surface area (Å²) in [6.45, 7) is 0.